The van der Waals surface area contributed by atoms with Crippen molar-refractivity contribution in [3.05, 3.63) is 22.9 Å². The minimum atomic E-state index is 0. The van der Waals surface area contributed by atoms with Crippen molar-refractivity contribution >= 4 is 18.2 Å². The summed E-state index contributed by atoms with van der Waals surface area (Å²) in [6.45, 7) is 7.90. The fourth-order valence-corrected chi connectivity index (χ4v) is 2.20. The summed E-state index contributed by atoms with van der Waals surface area (Å²) >= 11 is 0. The predicted octanol–water partition coefficient (Wildman–Crippen LogP) is 1.74. The van der Waals surface area contributed by atoms with Gasteiger partial charge in [-0.3, -0.25) is 0 Å². The molecule has 2 heterocycles. The summed E-state index contributed by atoms with van der Waals surface area (Å²) < 4.78 is 0. The van der Waals surface area contributed by atoms with Crippen molar-refractivity contribution in [1.82, 2.24) is 9.88 Å². The number of piperazine rings is 1. The molecule has 98 valence electrons. The maximum Gasteiger partial charge on any atom is 0.147 e. The molecule has 0 bridgehead atoms. The highest BCUT2D eigenvalue weighted by Gasteiger charge is 2.19. The molecule has 1 saturated heterocycles. The van der Waals surface area contributed by atoms with Crippen molar-refractivity contribution in [3.63, 3.8) is 0 Å². The minimum absolute atomic E-state index is 0. The van der Waals surface area contributed by atoms with E-state index in [1.807, 2.05) is 19.9 Å². The monoisotopic (exact) mass is 266 g/mol. The number of hydrogen-bond donors (Lipinski definition) is 0. The standard InChI is InChI=1S/C13H18N4.ClH/c1-10-8-11(2)15-13(12(10)9-14)17-6-4-16(3)5-7-17;/h8H,4-7H2,1-3H3;1H. The molecular weight excluding hydrogens is 248 g/mol. The van der Waals surface area contributed by atoms with Crippen LogP contribution in [0, 0.1) is 25.2 Å². The topological polar surface area (TPSA) is 43.2 Å². The molecule has 1 aliphatic rings. The number of aryl methyl sites for hydroxylation is 2. The Labute approximate surface area is 115 Å². The van der Waals surface area contributed by atoms with Crippen LogP contribution in [0.2, 0.25) is 0 Å². The van der Waals surface area contributed by atoms with E-state index in [1.165, 1.54) is 0 Å². The highest BCUT2D eigenvalue weighted by Crippen LogP contribution is 2.22. The molecule has 0 aliphatic carbocycles. The number of nitrogens with zero attached hydrogens (tertiary/aromatic N) is 4. The molecule has 1 aliphatic heterocycles. The molecule has 0 amide bonds. The first-order chi connectivity index (χ1) is 8.11. The molecule has 18 heavy (non-hydrogen) atoms. The Morgan fingerprint density at radius 1 is 1.22 bits per heavy atom. The first-order valence-corrected chi connectivity index (χ1v) is 5.93. The molecule has 1 aromatic rings. The highest BCUT2D eigenvalue weighted by molar-refractivity contribution is 5.85. The zero-order valence-electron chi connectivity index (χ0n) is 11.1. The zero-order valence-corrected chi connectivity index (χ0v) is 11.9. The van der Waals surface area contributed by atoms with Gasteiger partial charge in [0.2, 0.25) is 0 Å². The molecule has 0 radical (unpaired) electrons. The summed E-state index contributed by atoms with van der Waals surface area (Å²) in [6, 6.07) is 4.25. The number of hydrogen-bond acceptors (Lipinski definition) is 4. The van der Waals surface area contributed by atoms with Crippen LogP contribution in [-0.4, -0.2) is 43.1 Å². The van der Waals surface area contributed by atoms with Crippen LogP contribution in [0.5, 0.6) is 0 Å². The average molecular weight is 267 g/mol. The molecule has 1 aromatic heterocycles. The predicted molar refractivity (Wildman–Crippen MR) is 75.4 cm³/mol. The van der Waals surface area contributed by atoms with Crippen LogP contribution in [0.3, 0.4) is 0 Å². The van der Waals surface area contributed by atoms with E-state index in [4.69, 9.17) is 0 Å². The molecule has 2 rings (SSSR count). The second-order valence-electron chi connectivity index (χ2n) is 4.68. The minimum Gasteiger partial charge on any atom is -0.353 e. The lowest BCUT2D eigenvalue weighted by Crippen LogP contribution is -2.45. The van der Waals surface area contributed by atoms with Gasteiger partial charge in [0, 0.05) is 31.9 Å². The number of halogens is 1. The fraction of sp³-hybridized carbons (Fsp3) is 0.538. The molecule has 1 fully saturated rings. The molecule has 4 nitrogen and oxygen atoms in total. The van der Waals surface area contributed by atoms with Crippen molar-refractivity contribution in [1.29, 1.82) is 5.26 Å². The summed E-state index contributed by atoms with van der Waals surface area (Å²) in [6.07, 6.45) is 0. The van der Waals surface area contributed by atoms with Gasteiger partial charge in [-0.1, -0.05) is 0 Å². The maximum atomic E-state index is 9.25. The molecule has 0 aromatic carbocycles. The van der Waals surface area contributed by atoms with Crippen molar-refractivity contribution in [2.45, 2.75) is 13.8 Å². The quantitative estimate of drug-likeness (QED) is 0.777. The fourth-order valence-electron chi connectivity index (χ4n) is 2.20. The maximum absolute atomic E-state index is 9.25. The van der Waals surface area contributed by atoms with Crippen LogP contribution in [0.4, 0.5) is 5.82 Å². The Morgan fingerprint density at radius 3 is 2.39 bits per heavy atom. The van der Waals surface area contributed by atoms with Crippen LogP contribution in [0.15, 0.2) is 6.07 Å². The van der Waals surface area contributed by atoms with Gasteiger partial charge in [-0.25, -0.2) is 4.98 Å². The first-order valence-electron chi connectivity index (χ1n) is 5.93. The van der Waals surface area contributed by atoms with Gasteiger partial charge >= 0.3 is 0 Å². The van der Waals surface area contributed by atoms with Crippen LogP contribution < -0.4 is 4.90 Å². The van der Waals surface area contributed by atoms with Crippen LogP contribution in [-0.2, 0) is 0 Å². The number of rotatable bonds is 1. The van der Waals surface area contributed by atoms with E-state index in [9.17, 15) is 5.26 Å². The van der Waals surface area contributed by atoms with Crippen LogP contribution >= 0.6 is 12.4 Å². The van der Waals surface area contributed by atoms with Gasteiger partial charge in [-0.2, -0.15) is 5.26 Å². The van der Waals surface area contributed by atoms with Gasteiger partial charge in [0.05, 0.1) is 5.56 Å². The number of nitriles is 1. The summed E-state index contributed by atoms with van der Waals surface area (Å²) in [5, 5.41) is 9.25. The summed E-state index contributed by atoms with van der Waals surface area (Å²) in [4.78, 5) is 9.06. The third-order valence-electron chi connectivity index (χ3n) is 3.24. The number of pyridine rings is 1. The Balaban J connectivity index is 0.00000162. The van der Waals surface area contributed by atoms with Gasteiger partial charge in [0.1, 0.15) is 11.9 Å². The lowest BCUT2D eigenvalue weighted by Gasteiger charge is -2.34. The van der Waals surface area contributed by atoms with Gasteiger partial charge in [-0.15, -0.1) is 12.4 Å². The smallest absolute Gasteiger partial charge is 0.147 e. The molecule has 5 heteroatoms. The zero-order chi connectivity index (χ0) is 12.4. The molecule has 0 saturated carbocycles. The van der Waals surface area contributed by atoms with Gasteiger partial charge in [0.15, 0.2) is 0 Å². The van der Waals surface area contributed by atoms with Crippen LogP contribution in [0.25, 0.3) is 0 Å². The second-order valence-corrected chi connectivity index (χ2v) is 4.68. The van der Waals surface area contributed by atoms with E-state index in [-0.39, 0.29) is 12.4 Å². The van der Waals surface area contributed by atoms with Crippen molar-refractivity contribution in [2.75, 3.05) is 38.1 Å². The van der Waals surface area contributed by atoms with E-state index >= 15 is 0 Å². The van der Waals surface area contributed by atoms with E-state index in [2.05, 4.69) is 27.9 Å². The molecule has 0 N–H and O–H groups in total. The van der Waals surface area contributed by atoms with Gasteiger partial charge in [-0.05, 0) is 32.5 Å². The van der Waals surface area contributed by atoms with E-state index < -0.39 is 0 Å². The SMILES string of the molecule is Cc1cc(C)c(C#N)c(N2CCN(C)CC2)n1.Cl. The Bertz CT molecular complexity index is 459. The average Bonchev–Trinajstić information content (AvgIpc) is 2.29. The first kappa shape index (κ1) is 14.7. The normalized spacial score (nSPS) is 16.0. The van der Waals surface area contributed by atoms with E-state index in [0.717, 1.165) is 48.8 Å². The number of aromatic nitrogens is 1. The lowest BCUT2D eigenvalue weighted by atomic mass is 10.1. The molecule has 0 unspecified atom stereocenters. The Kier molecular flexibility index (Phi) is 4.94. The summed E-state index contributed by atoms with van der Waals surface area (Å²) in [7, 11) is 2.12. The Morgan fingerprint density at radius 2 is 1.83 bits per heavy atom. The van der Waals surface area contributed by atoms with Crippen molar-refractivity contribution < 1.29 is 0 Å². The third-order valence-corrected chi connectivity index (χ3v) is 3.24. The summed E-state index contributed by atoms with van der Waals surface area (Å²) in [5.74, 6) is 0.859. The highest BCUT2D eigenvalue weighted by atomic mass is 35.5. The van der Waals surface area contributed by atoms with Crippen LogP contribution in [0.1, 0.15) is 16.8 Å². The largest absolute Gasteiger partial charge is 0.353 e. The molecule has 0 atom stereocenters. The van der Waals surface area contributed by atoms with Gasteiger partial charge < -0.3 is 9.80 Å². The lowest BCUT2D eigenvalue weighted by molar-refractivity contribution is 0.312. The third kappa shape index (κ3) is 2.92. The van der Waals surface area contributed by atoms with Gasteiger partial charge in [0.25, 0.3) is 0 Å². The number of anilines is 1. The number of likely N-dealkylation sites (N-methyl/N-ethyl adjacent to an activating group) is 1. The van der Waals surface area contributed by atoms with Crippen molar-refractivity contribution in [3.8, 4) is 6.07 Å². The summed E-state index contributed by atoms with van der Waals surface area (Å²) in [5.41, 5.74) is 2.73. The van der Waals surface area contributed by atoms with Crippen molar-refractivity contribution in [2.24, 2.45) is 0 Å². The van der Waals surface area contributed by atoms with E-state index in [0.29, 0.717) is 0 Å². The Hall–Kier alpha value is -1.31. The molecule has 0 spiro atoms. The van der Waals surface area contributed by atoms with E-state index in [1.54, 1.807) is 0 Å². The second kappa shape index (κ2) is 6.03. The molecular formula is C13H19ClN4.